The van der Waals surface area contributed by atoms with Crippen LogP contribution in [0.3, 0.4) is 0 Å². The summed E-state index contributed by atoms with van der Waals surface area (Å²) in [4.78, 5) is 12.5. The molecule has 0 atom stereocenters. The number of methoxy groups -OCH3 is 1. The fourth-order valence-corrected chi connectivity index (χ4v) is 1.86. The molecule has 0 fully saturated rings. The van der Waals surface area contributed by atoms with E-state index in [0.29, 0.717) is 5.75 Å². The predicted molar refractivity (Wildman–Crippen MR) is 69.6 cm³/mol. The molecule has 0 heterocycles. The molecular weight excluding hydrogens is 236 g/mol. The molecule has 0 aliphatic carbocycles. The second kappa shape index (κ2) is 5.96. The van der Waals surface area contributed by atoms with Gasteiger partial charge in [0.15, 0.2) is 0 Å². The molecule has 0 radical (unpaired) electrons. The fraction of sp³-hybridized carbons (Fsp3) is 0.462. The van der Waals surface area contributed by atoms with E-state index in [1.807, 2.05) is 45.0 Å². The van der Waals surface area contributed by atoms with Crippen molar-refractivity contribution in [3.05, 3.63) is 24.3 Å². The van der Waals surface area contributed by atoms with Gasteiger partial charge in [-0.05, 0) is 45.0 Å². The summed E-state index contributed by atoms with van der Waals surface area (Å²) >= 11 is 1.46. The largest absolute Gasteiger partial charge is 0.497 e. The Labute approximate surface area is 106 Å². The highest BCUT2D eigenvalue weighted by Gasteiger charge is 2.16. The summed E-state index contributed by atoms with van der Waals surface area (Å²) in [7, 11) is 1.63. The zero-order valence-electron chi connectivity index (χ0n) is 10.6. The summed E-state index contributed by atoms with van der Waals surface area (Å²) in [5.74, 6) is 0.939. The first kappa shape index (κ1) is 13.9. The molecule has 0 aliphatic rings. The maximum atomic E-state index is 11.5. The molecule has 0 aromatic heterocycles. The van der Waals surface area contributed by atoms with Crippen LogP contribution in [0.4, 0.5) is 0 Å². The number of thioether (sulfide) groups is 1. The maximum Gasteiger partial charge on any atom is 0.316 e. The van der Waals surface area contributed by atoms with Gasteiger partial charge in [-0.3, -0.25) is 4.79 Å². The van der Waals surface area contributed by atoms with E-state index >= 15 is 0 Å². The minimum absolute atomic E-state index is 0.196. The Kier molecular flexibility index (Phi) is 4.87. The van der Waals surface area contributed by atoms with Crippen molar-refractivity contribution >= 4 is 17.7 Å². The lowest BCUT2D eigenvalue weighted by atomic mass is 10.2. The van der Waals surface area contributed by atoms with Crippen molar-refractivity contribution in [1.82, 2.24) is 0 Å². The Bertz CT molecular complexity index is 365. The van der Waals surface area contributed by atoms with Crippen molar-refractivity contribution in [2.24, 2.45) is 0 Å². The number of hydrogen-bond acceptors (Lipinski definition) is 4. The molecule has 0 N–H and O–H groups in total. The lowest BCUT2D eigenvalue weighted by Gasteiger charge is -2.19. The van der Waals surface area contributed by atoms with E-state index in [4.69, 9.17) is 9.47 Å². The summed E-state index contributed by atoms with van der Waals surface area (Å²) in [6.07, 6.45) is 0. The van der Waals surface area contributed by atoms with Crippen molar-refractivity contribution in [2.45, 2.75) is 31.3 Å². The van der Waals surface area contributed by atoms with Crippen molar-refractivity contribution in [2.75, 3.05) is 12.9 Å². The van der Waals surface area contributed by atoms with Crippen LogP contribution in [0.15, 0.2) is 29.2 Å². The van der Waals surface area contributed by atoms with E-state index in [2.05, 4.69) is 0 Å². The maximum absolute atomic E-state index is 11.5. The van der Waals surface area contributed by atoms with Gasteiger partial charge in [-0.1, -0.05) is 0 Å². The minimum atomic E-state index is -0.419. The SMILES string of the molecule is COc1ccc(SCC(=O)OC(C)(C)C)cc1. The minimum Gasteiger partial charge on any atom is -0.497 e. The molecule has 0 aliphatic heterocycles. The second-order valence-electron chi connectivity index (χ2n) is 4.55. The molecule has 94 valence electrons. The Balaban J connectivity index is 2.42. The molecule has 0 amide bonds. The third-order valence-corrected chi connectivity index (χ3v) is 2.82. The first-order valence-corrected chi connectivity index (χ1v) is 6.38. The van der Waals surface area contributed by atoms with Crippen LogP contribution in [0.2, 0.25) is 0 Å². The van der Waals surface area contributed by atoms with Gasteiger partial charge in [0.25, 0.3) is 0 Å². The molecule has 0 bridgehead atoms. The Morgan fingerprint density at radius 2 is 1.82 bits per heavy atom. The van der Waals surface area contributed by atoms with Gasteiger partial charge < -0.3 is 9.47 Å². The number of ether oxygens (including phenoxy) is 2. The third kappa shape index (κ3) is 5.63. The normalized spacial score (nSPS) is 11.1. The van der Waals surface area contributed by atoms with Gasteiger partial charge in [0.2, 0.25) is 0 Å². The molecule has 4 heteroatoms. The van der Waals surface area contributed by atoms with Gasteiger partial charge >= 0.3 is 5.97 Å². The summed E-state index contributed by atoms with van der Waals surface area (Å²) in [6.45, 7) is 5.59. The van der Waals surface area contributed by atoms with E-state index in [1.165, 1.54) is 11.8 Å². The number of rotatable bonds is 4. The Morgan fingerprint density at radius 3 is 2.29 bits per heavy atom. The van der Waals surface area contributed by atoms with Gasteiger partial charge in [-0.15, -0.1) is 11.8 Å². The smallest absolute Gasteiger partial charge is 0.316 e. The summed E-state index contributed by atoms with van der Waals surface area (Å²) in [5.41, 5.74) is -0.419. The standard InChI is InChI=1S/C13H18O3S/c1-13(2,3)16-12(14)9-17-11-7-5-10(15-4)6-8-11/h5-8H,9H2,1-4H3. The molecule has 0 spiro atoms. The zero-order valence-corrected chi connectivity index (χ0v) is 11.5. The van der Waals surface area contributed by atoms with E-state index in [-0.39, 0.29) is 5.97 Å². The van der Waals surface area contributed by atoms with Crippen molar-refractivity contribution in [3.63, 3.8) is 0 Å². The van der Waals surface area contributed by atoms with Crippen LogP contribution in [0.5, 0.6) is 5.75 Å². The molecule has 3 nitrogen and oxygen atoms in total. The van der Waals surface area contributed by atoms with E-state index < -0.39 is 5.60 Å². The van der Waals surface area contributed by atoms with Crippen LogP contribution < -0.4 is 4.74 Å². The van der Waals surface area contributed by atoms with Crippen molar-refractivity contribution in [3.8, 4) is 5.75 Å². The lowest BCUT2D eigenvalue weighted by molar-refractivity contribution is -0.151. The Morgan fingerprint density at radius 1 is 1.24 bits per heavy atom. The van der Waals surface area contributed by atoms with Crippen LogP contribution >= 0.6 is 11.8 Å². The fourth-order valence-electron chi connectivity index (χ4n) is 1.19. The molecular formula is C13H18O3S. The number of benzene rings is 1. The molecule has 1 aromatic rings. The second-order valence-corrected chi connectivity index (χ2v) is 5.60. The van der Waals surface area contributed by atoms with Gasteiger partial charge in [0.1, 0.15) is 11.4 Å². The topological polar surface area (TPSA) is 35.5 Å². The van der Waals surface area contributed by atoms with E-state index in [9.17, 15) is 4.79 Å². The van der Waals surface area contributed by atoms with Gasteiger partial charge in [-0.25, -0.2) is 0 Å². The first-order valence-electron chi connectivity index (χ1n) is 5.39. The highest BCUT2D eigenvalue weighted by Crippen LogP contribution is 2.22. The van der Waals surface area contributed by atoms with Crippen LogP contribution in [0.25, 0.3) is 0 Å². The number of esters is 1. The quantitative estimate of drug-likeness (QED) is 0.611. The first-order chi connectivity index (χ1) is 7.90. The Hall–Kier alpha value is -1.16. The number of carbonyl (C=O) groups is 1. The van der Waals surface area contributed by atoms with Crippen LogP contribution in [-0.2, 0) is 9.53 Å². The highest BCUT2D eigenvalue weighted by molar-refractivity contribution is 8.00. The summed E-state index contributed by atoms with van der Waals surface area (Å²) < 4.78 is 10.3. The molecule has 0 unspecified atom stereocenters. The molecule has 0 saturated carbocycles. The summed E-state index contributed by atoms with van der Waals surface area (Å²) in [6, 6.07) is 7.59. The number of carbonyl (C=O) groups excluding carboxylic acids is 1. The van der Waals surface area contributed by atoms with Crippen molar-refractivity contribution < 1.29 is 14.3 Å². The van der Waals surface area contributed by atoms with E-state index in [1.54, 1.807) is 7.11 Å². The van der Waals surface area contributed by atoms with Crippen molar-refractivity contribution in [1.29, 1.82) is 0 Å². The molecule has 17 heavy (non-hydrogen) atoms. The molecule has 0 saturated heterocycles. The summed E-state index contributed by atoms with van der Waals surface area (Å²) in [5, 5.41) is 0. The number of hydrogen-bond donors (Lipinski definition) is 0. The van der Waals surface area contributed by atoms with Crippen LogP contribution in [-0.4, -0.2) is 24.4 Å². The average Bonchev–Trinajstić information content (AvgIpc) is 2.25. The average molecular weight is 254 g/mol. The third-order valence-electron chi connectivity index (χ3n) is 1.84. The molecule has 1 rings (SSSR count). The lowest BCUT2D eigenvalue weighted by Crippen LogP contribution is -2.24. The zero-order chi connectivity index (χ0) is 12.9. The van der Waals surface area contributed by atoms with Gasteiger partial charge in [0.05, 0.1) is 12.9 Å². The highest BCUT2D eigenvalue weighted by atomic mass is 32.2. The monoisotopic (exact) mass is 254 g/mol. The van der Waals surface area contributed by atoms with Crippen LogP contribution in [0, 0.1) is 0 Å². The van der Waals surface area contributed by atoms with Gasteiger partial charge in [0, 0.05) is 4.90 Å². The van der Waals surface area contributed by atoms with Gasteiger partial charge in [-0.2, -0.15) is 0 Å². The predicted octanol–water partition coefficient (Wildman–Crippen LogP) is 3.13. The molecule has 1 aromatic carbocycles. The van der Waals surface area contributed by atoms with E-state index in [0.717, 1.165) is 10.6 Å². The van der Waals surface area contributed by atoms with Crippen LogP contribution in [0.1, 0.15) is 20.8 Å².